The van der Waals surface area contributed by atoms with E-state index in [1.54, 1.807) is 6.07 Å². The lowest BCUT2D eigenvalue weighted by atomic mass is 10.1. The Morgan fingerprint density at radius 2 is 2.25 bits per heavy atom. The Morgan fingerprint density at radius 1 is 1.43 bits per heavy atom. The summed E-state index contributed by atoms with van der Waals surface area (Å²) in [5.74, 6) is 3.24. The summed E-state index contributed by atoms with van der Waals surface area (Å²) in [7, 11) is 0. The molecule has 0 amide bonds. The first kappa shape index (κ1) is 23.5. The first-order chi connectivity index (χ1) is 13.1. The molecule has 3 rings (SSSR count). The molecule has 1 saturated heterocycles. The maximum absolute atomic E-state index is 13.9. The minimum atomic E-state index is -0.249. The number of hydrogen-bond donors (Lipinski definition) is 1. The zero-order valence-electron chi connectivity index (χ0n) is 16.9. The van der Waals surface area contributed by atoms with E-state index >= 15 is 0 Å². The lowest BCUT2D eigenvalue weighted by Gasteiger charge is -2.36. The summed E-state index contributed by atoms with van der Waals surface area (Å²) in [6.07, 6.45) is 0.644. The minimum absolute atomic E-state index is 0. The monoisotopic (exact) mass is 523 g/mol. The van der Waals surface area contributed by atoms with Crippen LogP contribution in [-0.2, 0) is 17.8 Å². The van der Waals surface area contributed by atoms with Crippen LogP contribution in [0.15, 0.2) is 17.1 Å². The van der Waals surface area contributed by atoms with Crippen LogP contribution in [0.2, 0.25) is 0 Å². The largest absolute Gasteiger partial charge is 0.467 e. The first-order valence-electron chi connectivity index (χ1n) is 9.75. The van der Waals surface area contributed by atoms with Gasteiger partial charge in [-0.3, -0.25) is 4.99 Å². The highest BCUT2D eigenvalue weighted by atomic mass is 127. The molecule has 2 aliphatic rings. The second-order valence-electron chi connectivity index (χ2n) is 7.25. The Morgan fingerprint density at radius 3 is 3.00 bits per heavy atom. The van der Waals surface area contributed by atoms with Gasteiger partial charge in [0, 0.05) is 42.7 Å². The molecule has 1 aromatic carbocycles. The molecule has 2 aliphatic heterocycles. The van der Waals surface area contributed by atoms with Crippen molar-refractivity contribution < 1.29 is 13.9 Å². The molecule has 0 radical (unpaired) electrons. The van der Waals surface area contributed by atoms with Gasteiger partial charge in [-0.1, -0.05) is 13.8 Å². The van der Waals surface area contributed by atoms with Crippen molar-refractivity contribution in [2.24, 2.45) is 10.9 Å². The molecule has 1 aromatic rings. The van der Waals surface area contributed by atoms with Crippen molar-refractivity contribution in [2.45, 2.75) is 39.0 Å². The molecule has 0 saturated carbocycles. The minimum Gasteiger partial charge on any atom is -0.467 e. The first-order valence-corrected chi connectivity index (χ1v) is 10.8. The van der Waals surface area contributed by atoms with Crippen molar-refractivity contribution in [3.05, 3.63) is 29.1 Å². The Kier molecular flexibility index (Phi) is 9.62. The maximum Gasteiger partial charge on any atom is 0.193 e. The number of halogens is 2. The zero-order chi connectivity index (χ0) is 19.2. The molecule has 0 aliphatic carbocycles. The number of nitrogens with zero attached hydrogens (tertiary/aromatic N) is 2. The Labute approximate surface area is 188 Å². The third-order valence-electron chi connectivity index (χ3n) is 4.87. The molecule has 0 bridgehead atoms. The van der Waals surface area contributed by atoms with Gasteiger partial charge < -0.3 is 19.7 Å². The SMILES string of the molecule is CCNC(=NCCc1cc(F)cc2c1OCOC2)N1CCSC(C(C)C)C1.I. The second-order valence-corrected chi connectivity index (χ2v) is 8.60. The van der Waals surface area contributed by atoms with Crippen LogP contribution in [0.4, 0.5) is 4.39 Å². The second kappa shape index (κ2) is 11.4. The van der Waals surface area contributed by atoms with E-state index in [-0.39, 0.29) is 36.6 Å². The number of thioether (sulfide) groups is 1. The van der Waals surface area contributed by atoms with Gasteiger partial charge in [-0.2, -0.15) is 11.8 Å². The number of guanidine groups is 1. The van der Waals surface area contributed by atoms with Gasteiger partial charge in [0.1, 0.15) is 11.6 Å². The van der Waals surface area contributed by atoms with E-state index in [1.165, 1.54) is 6.07 Å². The summed E-state index contributed by atoms with van der Waals surface area (Å²) >= 11 is 2.05. The van der Waals surface area contributed by atoms with E-state index in [0.717, 1.165) is 48.2 Å². The van der Waals surface area contributed by atoms with E-state index in [0.29, 0.717) is 30.7 Å². The standard InChI is InChI=1S/C20H30FN3O2S.HI/c1-4-22-20(24-7-8-27-18(11-24)14(2)3)23-6-5-15-9-17(21)10-16-12-25-13-26-19(15)16;/h9-10,14,18H,4-8,11-13H2,1-3H3,(H,22,23);1H. The van der Waals surface area contributed by atoms with Crippen LogP contribution >= 0.6 is 35.7 Å². The fourth-order valence-electron chi connectivity index (χ4n) is 3.42. The number of rotatable bonds is 5. The van der Waals surface area contributed by atoms with E-state index in [2.05, 4.69) is 42.7 Å². The van der Waals surface area contributed by atoms with Gasteiger partial charge in [-0.25, -0.2) is 4.39 Å². The van der Waals surface area contributed by atoms with E-state index < -0.39 is 0 Å². The van der Waals surface area contributed by atoms with Crippen molar-refractivity contribution >= 4 is 41.7 Å². The predicted octanol–water partition coefficient (Wildman–Crippen LogP) is 3.89. The maximum atomic E-state index is 13.9. The number of fused-ring (bicyclic) bond motifs is 1. The zero-order valence-corrected chi connectivity index (χ0v) is 20.0. The van der Waals surface area contributed by atoms with Crippen LogP contribution in [0.1, 0.15) is 31.9 Å². The smallest absolute Gasteiger partial charge is 0.193 e. The summed E-state index contributed by atoms with van der Waals surface area (Å²) < 4.78 is 24.8. The van der Waals surface area contributed by atoms with Gasteiger partial charge >= 0.3 is 0 Å². The fraction of sp³-hybridized carbons (Fsp3) is 0.650. The summed E-state index contributed by atoms with van der Waals surface area (Å²) in [6.45, 7) is 10.7. The Balaban J connectivity index is 0.00000280. The summed E-state index contributed by atoms with van der Waals surface area (Å²) in [4.78, 5) is 7.17. The molecule has 28 heavy (non-hydrogen) atoms. The number of hydrogen-bond acceptors (Lipinski definition) is 4. The van der Waals surface area contributed by atoms with Gasteiger partial charge in [0.05, 0.1) is 6.61 Å². The number of benzene rings is 1. The number of ether oxygens (including phenoxy) is 2. The lowest BCUT2D eigenvalue weighted by Crippen LogP contribution is -2.49. The van der Waals surface area contributed by atoms with Gasteiger partial charge in [-0.05, 0) is 37.0 Å². The van der Waals surface area contributed by atoms with Gasteiger partial charge in [0.25, 0.3) is 0 Å². The molecule has 158 valence electrons. The third-order valence-corrected chi connectivity index (χ3v) is 6.41. The van der Waals surface area contributed by atoms with Gasteiger partial charge in [-0.15, -0.1) is 24.0 Å². The Hall–Kier alpha value is -0.740. The Bertz CT molecular complexity index is 675. The predicted molar refractivity (Wildman–Crippen MR) is 124 cm³/mol. The molecular weight excluding hydrogens is 492 g/mol. The molecule has 0 spiro atoms. The van der Waals surface area contributed by atoms with E-state index in [9.17, 15) is 4.39 Å². The normalized spacial score (nSPS) is 19.7. The quantitative estimate of drug-likeness (QED) is 0.361. The molecule has 5 nitrogen and oxygen atoms in total. The highest BCUT2D eigenvalue weighted by molar-refractivity contribution is 14.0. The highest BCUT2D eigenvalue weighted by Crippen LogP contribution is 2.30. The molecular formula is C20H31FIN3O2S. The van der Waals surface area contributed by atoms with Crippen molar-refractivity contribution in [1.29, 1.82) is 0 Å². The summed E-state index contributed by atoms with van der Waals surface area (Å²) in [5.41, 5.74) is 1.64. The molecule has 1 atom stereocenters. The van der Waals surface area contributed by atoms with Crippen molar-refractivity contribution in [2.75, 3.05) is 38.7 Å². The van der Waals surface area contributed by atoms with E-state index in [1.807, 2.05) is 0 Å². The van der Waals surface area contributed by atoms with Crippen LogP contribution < -0.4 is 10.1 Å². The number of nitrogens with one attached hydrogen (secondary N) is 1. The van der Waals surface area contributed by atoms with Crippen LogP contribution in [0.3, 0.4) is 0 Å². The molecule has 1 unspecified atom stereocenters. The molecule has 8 heteroatoms. The van der Waals surface area contributed by atoms with Crippen LogP contribution in [0, 0.1) is 11.7 Å². The highest BCUT2D eigenvalue weighted by Gasteiger charge is 2.25. The average Bonchev–Trinajstić information content (AvgIpc) is 2.67. The molecule has 2 heterocycles. The van der Waals surface area contributed by atoms with Crippen LogP contribution in [0.5, 0.6) is 5.75 Å². The fourth-order valence-corrected chi connectivity index (χ4v) is 4.72. The molecule has 1 fully saturated rings. The van der Waals surface area contributed by atoms with Gasteiger partial charge in [0.2, 0.25) is 0 Å². The summed E-state index contributed by atoms with van der Waals surface area (Å²) in [5, 5.41) is 4.04. The van der Waals surface area contributed by atoms with Crippen LogP contribution in [-0.4, -0.2) is 54.8 Å². The third kappa shape index (κ3) is 6.13. The summed E-state index contributed by atoms with van der Waals surface area (Å²) in [6, 6.07) is 3.04. The number of aliphatic imine (C=N–C) groups is 1. The topological polar surface area (TPSA) is 46.1 Å². The lowest BCUT2D eigenvalue weighted by molar-refractivity contribution is -0.0172. The van der Waals surface area contributed by atoms with Crippen molar-refractivity contribution in [3.8, 4) is 5.75 Å². The van der Waals surface area contributed by atoms with E-state index in [4.69, 9.17) is 14.5 Å². The van der Waals surface area contributed by atoms with Crippen molar-refractivity contribution in [1.82, 2.24) is 10.2 Å². The van der Waals surface area contributed by atoms with Crippen molar-refractivity contribution in [3.63, 3.8) is 0 Å². The average molecular weight is 523 g/mol. The molecule has 0 aromatic heterocycles. The van der Waals surface area contributed by atoms with Crippen LogP contribution in [0.25, 0.3) is 0 Å². The molecule has 1 N–H and O–H groups in total. The van der Waals surface area contributed by atoms with Gasteiger partial charge in [0.15, 0.2) is 12.8 Å².